The van der Waals surface area contributed by atoms with Crippen LogP contribution in [0.2, 0.25) is 0 Å². The van der Waals surface area contributed by atoms with Crippen molar-refractivity contribution < 1.29 is 178 Å². The van der Waals surface area contributed by atoms with Crippen molar-refractivity contribution in [3.63, 3.8) is 0 Å². The van der Waals surface area contributed by atoms with E-state index in [1.807, 2.05) is 0 Å². The number of halogens is 27. The molecule has 0 aliphatic rings. The van der Waals surface area contributed by atoms with Crippen LogP contribution in [0.3, 0.4) is 0 Å². The third-order valence-electron chi connectivity index (χ3n) is 4.29. The molecule has 0 aliphatic carbocycles. The Morgan fingerprint density at radius 2 is 0.346 bits per heavy atom. The molecule has 318 valence electrons. The summed E-state index contributed by atoms with van der Waals surface area (Å²) in [5.41, 5.74) is 0. The summed E-state index contributed by atoms with van der Waals surface area (Å²) < 4.78 is 406. The first-order valence-electron chi connectivity index (χ1n) is 9.46. The molecule has 0 aliphatic heterocycles. The molecule has 0 fully saturated rings. The predicted octanol–water partition coefficient (Wildman–Crippen LogP) is 5.87. The summed E-state index contributed by atoms with van der Waals surface area (Å²) in [6, 6.07) is 0. The van der Waals surface area contributed by atoms with Crippen LogP contribution in [0, 0.1) is 0 Å². The van der Waals surface area contributed by atoms with Gasteiger partial charge in [-0.1, -0.05) is 0 Å². The fraction of sp³-hybridized carbons (Fsp3) is 1.00. The monoisotopic (exact) mass is 1090 g/mol. The van der Waals surface area contributed by atoms with Crippen molar-refractivity contribution in [1.29, 1.82) is 0 Å². The zero-order chi connectivity index (χ0) is 43.5. The maximum absolute atomic E-state index is 12.2. The molecule has 0 aromatic carbocycles. The van der Waals surface area contributed by atoms with Crippen molar-refractivity contribution in [2.45, 2.75) is 69.8 Å². The normalized spacial score (nSPS) is 15.8. The van der Waals surface area contributed by atoms with Gasteiger partial charge in [0.25, 0.3) is 0 Å². The maximum atomic E-state index is 12.2. The molecule has 0 N–H and O–H groups in total. The maximum Gasteiger partial charge on any atom is 3.00 e. The number of alkyl halides is 27. The Balaban J connectivity index is -0.000000329. The summed E-state index contributed by atoms with van der Waals surface area (Å²) in [5.74, 6) is -44.5. The SMILES string of the molecule is O=S(=O)([O-])C(F)(F)C(F)(F)C(F)(F)C(F)(F)F.O=S(=O)([O-])C(F)(F)C(F)(F)C(F)(F)C(F)(F)F.O=S(=O)([O-])C(F)(F)C(F)(F)C(F)(F)C(F)(F)F.[Ir+3]. The third-order valence-corrected chi connectivity index (χ3v) is 6.94. The molecule has 0 saturated heterocycles. The largest absolute Gasteiger partial charge is 3.00 e. The van der Waals surface area contributed by atoms with Crippen LogP contribution < -0.4 is 0 Å². The van der Waals surface area contributed by atoms with Gasteiger partial charge in [0.2, 0.25) is 0 Å². The number of hydrogen-bond acceptors (Lipinski definition) is 9. The molecule has 52 heavy (non-hydrogen) atoms. The summed E-state index contributed by atoms with van der Waals surface area (Å²) in [6.07, 6.45) is -21.5. The second kappa shape index (κ2) is 14.9. The van der Waals surface area contributed by atoms with Crippen molar-refractivity contribution in [2.24, 2.45) is 0 Å². The van der Waals surface area contributed by atoms with E-state index in [9.17, 15) is 157 Å². The van der Waals surface area contributed by atoms with E-state index in [0.717, 1.165) is 0 Å². The summed E-state index contributed by atoms with van der Waals surface area (Å²) in [4.78, 5) is 0. The topological polar surface area (TPSA) is 172 Å². The van der Waals surface area contributed by atoms with Crippen LogP contribution in [-0.4, -0.2) is 109 Å². The predicted molar refractivity (Wildman–Crippen MR) is 91.8 cm³/mol. The minimum atomic E-state index is -7.43. The molecule has 0 aromatic rings. The molecular formula is C12F27IrO9S3. The van der Waals surface area contributed by atoms with Crippen molar-refractivity contribution in [2.75, 3.05) is 0 Å². The van der Waals surface area contributed by atoms with E-state index < -0.39 is 100 Å². The van der Waals surface area contributed by atoms with E-state index in [1.54, 1.807) is 0 Å². The van der Waals surface area contributed by atoms with E-state index >= 15 is 0 Å². The molecule has 0 amide bonds. The Labute approximate surface area is 278 Å². The van der Waals surface area contributed by atoms with Gasteiger partial charge in [0, 0.05) is 0 Å². The second-order valence-electron chi connectivity index (χ2n) is 7.85. The van der Waals surface area contributed by atoms with E-state index in [0.29, 0.717) is 0 Å². The van der Waals surface area contributed by atoms with Gasteiger partial charge in [-0.05, 0) is 0 Å². The molecule has 0 rings (SSSR count). The van der Waals surface area contributed by atoms with E-state index in [-0.39, 0.29) is 20.1 Å². The first-order chi connectivity index (χ1) is 21.0. The Bertz CT molecular complexity index is 1370. The summed E-state index contributed by atoms with van der Waals surface area (Å²) in [6.45, 7) is 0. The first-order valence-corrected chi connectivity index (χ1v) is 13.7. The molecule has 0 spiro atoms. The minimum Gasteiger partial charge on any atom is -0.743 e. The van der Waals surface area contributed by atoms with Gasteiger partial charge < -0.3 is 13.7 Å². The minimum absolute atomic E-state index is 0. The summed E-state index contributed by atoms with van der Waals surface area (Å²) in [7, 11) is -22.3. The molecule has 9 nitrogen and oxygen atoms in total. The van der Waals surface area contributed by atoms with Gasteiger partial charge in [-0.15, -0.1) is 0 Å². The summed E-state index contributed by atoms with van der Waals surface area (Å²) >= 11 is 0. The standard InChI is InChI=1S/3C4HF9O3S.Ir/c3*5-1(6,3(9,10)11)2(7,8)4(12,13)17(14,15)16;/h3*(H,14,15,16);/q;;;+3/p-3. The van der Waals surface area contributed by atoms with E-state index in [1.165, 1.54) is 0 Å². The average molecular weight is 1090 g/mol. The Kier molecular flexibility index (Phi) is 16.4. The Hall–Kier alpha value is -1.51. The molecular weight excluding hydrogens is 1090 g/mol. The van der Waals surface area contributed by atoms with Crippen molar-refractivity contribution >= 4 is 30.4 Å². The fourth-order valence-corrected chi connectivity index (χ4v) is 2.88. The van der Waals surface area contributed by atoms with Gasteiger partial charge in [-0.2, -0.15) is 119 Å². The van der Waals surface area contributed by atoms with Crippen LogP contribution in [0.1, 0.15) is 0 Å². The van der Waals surface area contributed by atoms with Crippen LogP contribution in [0.15, 0.2) is 0 Å². The van der Waals surface area contributed by atoms with Gasteiger partial charge in [0.15, 0.2) is 30.4 Å². The number of hydrogen-bond donors (Lipinski definition) is 0. The van der Waals surface area contributed by atoms with Crippen LogP contribution in [0.25, 0.3) is 0 Å². The Morgan fingerprint density at radius 1 is 0.250 bits per heavy atom. The van der Waals surface area contributed by atoms with Crippen LogP contribution in [-0.2, 0) is 50.5 Å². The van der Waals surface area contributed by atoms with Crippen molar-refractivity contribution in [3.05, 3.63) is 0 Å². The smallest absolute Gasteiger partial charge is 0.743 e. The Morgan fingerprint density at radius 3 is 0.404 bits per heavy atom. The van der Waals surface area contributed by atoms with Gasteiger partial charge in [-0.3, -0.25) is 0 Å². The van der Waals surface area contributed by atoms with E-state index in [4.69, 9.17) is 0 Å². The third kappa shape index (κ3) is 9.64. The van der Waals surface area contributed by atoms with Crippen molar-refractivity contribution in [1.82, 2.24) is 0 Å². The average Bonchev–Trinajstić information content (AvgIpc) is 2.79. The van der Waals surface area contributed by atoms with Gasteiger partial charge in [-0.25, -0.2) is 25.3 Å². The fourth-order valence-electron chi connectivity index (χ4n) is 1.55. The second-order valence-corrected chi connectivity index (χ2v) is 12.1. The van der Waals surface area contributed by atoms with Crippen LogP contribution >= 0.6 is 0 Å². The van der Waals surface area contributed by atoms with Crippen LogP contribution in [0.4, 0.5) is 119 Å². The molecule has 0 saturated carbocycles. The molecule has 0 bridgehead atoms. The zero-order valence-electron chi connectivity index (χ0n) is 21.4. The molecule has 0 heterocycles. The van der Waals surface area contributed by atoms with E-state index in [2.05, 4.69) is 0 Å². The molecule has 0 aromatic heterocycles. The molecule has 0 radical (unpaired) electrons. The quantitative estimate of drug-likeness (QED) is 0.203. The van der Waals surface area contributed by atoms with Gasteiger partial charge in [0.05, 0.1) is 0 Å². The first kappa shape index (κ1) is 57.2. The van der Waals surface area contributed by atoms with Crippen molar-refractivity contribution in [3.8, 4) is 0 Å². The zero-order valence-corrected chi connectivity index (χ0v) is 26.3. The van der Waals surface area contributed by atoms with Gasteiger partial charge >= 0.3 is 89.9 Å². The molecule has 0 unspecified atom stereocenters. The van der Waals surface area contributed by atoms with Crippen LogP contribution in [0.5, 0.6) is 0 Å². The molecule has 40 heteroatoms. The summed E-state index contributed by atoms with van der Waals surface area (Å²) in [5, 5.41) is -21.3. The number of rotatable bonds is 9. The molecule has 0 atom stereocenters. The van der Waals surface area contributed by atoms with Gasteiger partial charge in [0.1, 0.15) is 0 Å².